The number of rotatable bonds is 1. The Labute approximate surface area is 105 Å². The first-order chi connectivity index (χ1) is 8.34. The molecule has 0 bridgehead atoms. The Morgan fingerprint density at radius 1 is 0.882 bits per heavy atom. The highest BCUT2D eigenvalue weighted by Crippen LogP contribution is 2.31. The van der Waals surface area contributed by atoms with Gasteiger partial charge in [0.2, 0.25) is 0 Å². The van der Waals surface area contributed by atoms with Crippen LogP contribution in [0.25, 0.3) is 6.08 Å². The molecule has 0 aliphatic carbocycles. The summed E-state index contributed by atoms with van der Waals surface area (Å²) in [5, 5.41) is 0. The molecule has 0 saturated carbocycles. The van der Waals surface area contributed by atoms with Gasteiger partial charge in [-0.2, -0.15) is 0 Å². The maximum Gasteiger partial charge on any atom is 0.146 e. The maximum atomic E-state index is 5.74. The van der Waals surface area contributed by atoms with Crippen LogP contribution in [0.5, 0.6) is 5.75 Å². The van der Waals surface area contributed by atoms with E-state index in [2.05, 4.69) is 0 Å². The third kappa shape index (κ3) is 1.87. The Bertz CT molecular complexity index is 599. The van der Waals surface area contributed by atoms with Crippen molar-refractivity contribution < 1.29 is 4.74 Å². The fraction of sp³-hybridized carbons (Fsp3) is 0. The van der Waals surface area contributed by atoms with Gasteiger partial charge in [-0.1, -0.05) is 54.7 Å². The molecule has 2 aromatic rings. The molecule has 1 nitrogen and oxygen atoms in total. The molecule has 2 heteroatoms. The summed E-state index contributed by atoms with van der Waals surface area (Å²) in [6, 6.07) is 17.9. The number of hydrogen-bond acceptors (Lipinski definition) is 2. The minimum absolute atomic E-state index is 0.757. The van der Waals surface area contributed by atoms with Gasteiger partial charge in [-0.3, -0.25) is 0 Å². The molecule has 0 radical (unpaired) electrons. The van der Waals surface area contributed by atoms with Gasteiger partial charge in [0.25, 0.3) is 0 Å². The Morgan fingerprint density at radius 2 is 1.59 bits per heavy atom. The van der Waals surface area contributed by atoms with Crippen molar-refractivity contribution in [1.29, 1.82) is 0 Å². The van der Waals surface area contributed by atoms with E-state index in [0.29, 0.717) is 0 Å². The fourth-order valence-corrected chi connectivity index (χ4v) is 2.11. The lowest BCUT2D eigenvalue weighted by molar-refractivity contribution is 0.474. The maximum absolute atomic E-state index is 5.74. The van der Waals surface area contributed by atoms with Crippen LogP contribution in [-0.2, 0) is 0 Å². The first-order valence-electron chi connectivity index (χ1n) is 5.43. The van der Waals surface area contributed by atoms with Crippen LogP contribution in [0.2, 0.25) is 0 Å². The Hall–Kier alpha value is -1.93. The largest absolute Gasteiger partial charge is 0.455 e. The lowest BCUT2D eigenvalue weighted by Gasteiger charge is -1.98. The van der Waals surface area contributed by atoms with E-state index < -0.39 is 0 Å². The van der Waals surface area contributed by atoms with Gasteiger partial charge in [0, 0.05) is 5.56 Å². The van der Waals surface area contributed by atoms with Crippen LogP contribution in [0.4, 0.5) is 0 Å². The summed E-state index contributed by atoms with van der Waals surface area (Å²) in [6.45, 7) is 0. The van der Waals surface area contributed by atoms with Gasteiger partial charge in [0.05, 0.1) is 4.86 Å². The standard InChI is InChI=1S/C15H10OS/c17-15-12-8-4-5-9-13(12)16-14(15)10-11-6-2-1-3-7-11/h1-10H/b14-10-. The second kappa shape index (κ2) is 4.15. The molecule has 2 aromatic carbocycles. The van der Waals surface area contributed by atoms with Gasteiger partial charge in [-0.05, 0) is 23.8 Å². The van der Waals surface area contributed by atoms with Crippen molar-refractivity contribution in [3.05, 3.63) is 71.5 Å². The monoisotopic (exact) mass is 238 g/mol. The Balaban J connectivity index is 2.00. The molecule has 3 rings (SSSR count). The van der Waals surface area contributed by atoms with Crippen LogP contribution >= 0.6 is 12.2 Å². The minimum Gasteiger partial charge on any atom is -0.455 e. The third-order valence-corrected chi connectivity index (χ3v) is 3.09. The molecule has 17 heavy (non-hydrogen) atoms. The first-order valence-corrected chi connectivity index (χ1v) is 5.84. The van der Waals surface area contributed by atoms with Crippen molar-refractivity contribution in [2.75, 3.05) is 0 Å². The second-order valence-corrected chi connectivity index (χ2v) is 4.25. The molecule has 82 valence electrons. The molecule has 0 atom stereocenters. The molecule has 0 N–H and O–H groups in total. The van der Waals surface area contributed by atoms with Gasteiger partial charge in [0.1, 0.15) is 11.5 Å². The van der Waals surface area contributed by atoms with Crippen LogP contribution in [0, 0.1) is 0 Å². The summed E-state index contributed by atoms with van der Waals surface area (Å²) in [6.07, 6.45) is 1.97. The summed E-state index contributed by atoms with van der Waals surface area (Å²) in [7, 11) is 0. The topological polar surface area (TPSA) is 9.23 Å². The summed E-state index contributed by atoms with van der Waals surface area (Å²) in [5.74, 6) is 1.60. The number of thiocarbonyl (C=S) groups is 1. The molecule has 0 saturated heterocycles. The normalized spacial score (nSPS) is 15.8. The van der Waals surface area contributed by atoms with Crippen LogP contribution in [-0.4, -0.2) is 4.86 Å². The average Bonchev–Trinajstić information content (AvgIpc) is 2.68. The van der Waals surface area contributed by atoms with Gasteiger partial charge in [-0.25, -0.2) is 0 Å². The SMILES string of the molecule is S=C1/C(=C/c2ccccc2)Oc2ccccc21. The summed E-state index contributed by atoms with van der Waals surface area (Å²) in [5.41, 5.74) is 2.10. The molecule has 1 heterocycles. The molecular formula is C15H10OS. The lowest BCUT2D eigenvalue weighted by Crippen LogP contribution is -1.96. The zero-order valence-electron chi connectivity index (χ0n) is 9.09. The minimum atomic E-state index is 0.757. The van der Waals surface area contributed by atoms with Crippen molar-refractivity contribution in [2.24, 2.45) is 0 Å². The van der Waals surface area contributed by atoms with Crippen LogP contribution < -0.4 is 4.74 Å². The predicted octanol–water partition coefficient (Wildman–Crippen LogP) is 3.84. The summed E-state index contributed by atoms with van der Waals surface area (Å²) in [4.78, 5) is 0.782. The Morgan fingerprint density at radius 3 is 2.35 bits per heavy atom. The molecule has 0 amide bonds. The Kier molecular flexibility index (Phi) is 2.50. The van der Waals surface area contributed by atoms with E-state index in [0.717, 1.165) is 27.5 Å². The highest BCUT2D eigenvalue weighted by molar-refractivity contribution is 7.81. The number of benzene rings is 2. The third-order valence-electron chi connectivity index (χ3n) is 2.67. The molecule has 0 unspecified atom stereocenters. The van der Waals surface area contributed by atoms with Gasteiger partial charge >= 0.3 is 0 Å². The van der Waals surface area contributed by atoms with Crippen molar-refractivity contribution in [3.8, 4) is 5.75 Å². The summed E-state index contributed by atoms with van der Waals surface area (Å²) < 4.78 is 5.74. The summed E-state index contributed by atoms with van der Waals surface area (Å²) >= 11 is 5.40. The van der Waals surface area contributed by atoms with E-state index in [-0.39, 0.29) is 0 Å². The number of para-hydroxylation sites is 1. The van der Waals surface area contributed by atoms with E-state index in [1.807, 2.05) is 60.7 Å². The highest BCUT2D eigenvalue weighted by Gasteiger charge is 2.22. The average molecular weight is 238 g/mol. The number of ether oxygens (including phenoxy) is 1. The molecule has 0 fully saturated rings. The first kappa shape index (κ1) is 10.2. The van der Waals surface area contributed by atoms with Gasteiger partial charge in [0.15, 0.2) is 0 Å². The number of fused-ring (bicyclic) bond motifs is 1. The predicted molar refractivity (Wildman–Crippen MR) is 73.2 cm³/mol. The fourth-order valence-electron chi connectivity index (χ4n) is 1.84. The zero-order valence-corrected chi connectivity index (χ0v) is 9.91. The number of hydrogen-bond donors (Lipinski definition) is 0. The van der Waals surface area contributed by atoms with E-state index >= 15 is 0 Å². The van der Waals surface area contributed by atoms with Crippen LogP contribution in [0.1, 0.15) is 11.1 Å². The van der Waals surface area contributed by atoms with Gasteiger partial charge < -0.3 is 4.74 Å². The van der Waals surface area contributed by atoms with Gasteiger partial charge in [-0.15, -0.1) is 0 Å². The molecule has 0 aromatic heterocycles. The van der Waals surface area contributed by atoms with Crippen molar-refractivity contribution >= 4 is 23.2 Å². The van der Waals surface area contributed by atoms with E-state index in [1.165, 1.54) is 0 Å². The zero-order chi connectivity index (χ0) is 11.7. The molecule has 1 aliphatic rings. The molecule has 0 spiro atoms. The number of allylic oxidation sites excluding steroid dienone is 1. The molecular weight excluding hydrogens is 228 g/mol. The van der Waals surface area contributed by atoms with E-state index in [4.69, 9.17) is 17.0 Å². The van der Waals surface area contributed by atoms with Crippen molar-refractivity contribution in [2.45, 2.75) is 0 Å². The molecule has 1 aliphatic heterocycles. The van der Waals surface area contributed by atoms with E-state index in [1.54, 1.807) is 0 Å². The van der Waals surface area contributed by atoms with Crippen LogP contribution in [0.15, 0.2) is 60.4 Å². The lowest BCUT2D eigenvalue weighted by atomic mass is 10.1. The second-order valence-electron chi connectivity index (χ2n) is 3.85. The highest BCUT2D eigenvalue weighted by atomic mass is 32.1. The van der Waals surface area contributed by atoms with E-state index in [9.17, 15) is 0 Å². The van der Waals surface area contributed by atoms with Crippen LogP contribution in [0.3, 0.4) is 0 Å². The smallest absolute Gasteiger partial charge is 0.146 e. The van der Waals surface area contributed by atoms with Crippen molar-refractivity contribution in [1.82, 2.24) is 0 Å². The van der Waals surface area contributed by atoms with Crippen molar-refractivity contribution in [3.63, 3.8) is 0 Å². The quantitative estimate of drug-likeness (QED) is 0.551.